The number of carbonyl (C=O) groups is 1. The molecule has 30 heavy (non-hydrogen) atoms. The van der Waals surface area contributed by atoms with Gasteiger partial charge in [0.05, 0.1) is 0 Å². The molecule has 0 aliphatic carbocycles. The summed E-state index contributed by atoms with van der Waals surface area (Å²) >= 11 is 0. The van der Waals surface area contributed by atoms with Crippen LogP contribution >= 0.6 is 30.4 Å². The Bertz CT molecular complexity index is 883. The first kappa shape index (κ1) is 27.3. The fraction of sp³-hybridized carbons (Fsp3) is 0.364. The third-order valence-corrected chi connectivity index (χ3v) is 10.7. The highest BCUT2D eigenvalue weighted by molar-refractivity contribution is 7.72. The van der Waals surface area contributed by atoms with Gasteiger partial charge in [-0.3, -0.25) is 28.0 Å². The minimum absolute atomic E-state index is 0.0969. The Morgan fingerprint density at radius 1 is 0.833 bits per heavy atom. The molecule has 172 valence electrons. The second-order valence-corrected chi connectivity index (χ2v) is 13.5. The molecule has 9 N–H and O–H groups in total. The molecule has 0 fully saturated rings. The first-order chi connectivity index (χ1) is 13.3. The summed E-state index contributed by atoms with van der Waals surface area (Å²) < 4.78 is 47.3. The summed E-state index contributed by atoms with van der Waals surface area (Å²) in [7, 11) is -23.7. The van der Waals surface area contributed by atoms with E-state index in [4.69, 9.17) is 0 Å². The van der Waals surface area contributed by atoms with Gasteiger partial charge in [0.2, 0.25) is 17.0 Å². The normalized spacial score (nSPS) is 13.9. The van der Waals surface area contributed by atoms with Gasteiger partial charge >= 0.3 is 30.4 Å². The van der Waals surface area contributed by atoms with Crippen molar-refractivity contribution in [1.82, 2.24) is 4.90 Å². The molecule has 1 amide bonds. The Morgan fingerprint density at radius 3 is 1.53 bits per heavy atom. The van der Waals surface area contributed by atoms with Crippen molar-refractivity contribution in [3.63, 3.8) is 0 Å². The number of hydrogen-bond acceptors (Lipinski definition) is 6. The molecular formula is C11H20N2O13P4. The van der Waals surface area contributed by atoms with Gasteiger partial charge in [-0.2, -0.15) is 0 Å². The maximum absolute atomic E-state index is 11.8. The topological polar surface area (TPSA) is 262 Å². The molecule has 0 aromatic heterocycles. The molecule has 0 radical (unpaired) electrons. The van der Waals surface area contributed by atoms with E-state index < -0.39 is 53.9 Å². The van der Waals surface area contributed by atoms with E-state index >= 15 is 0 Å². The molecule has 1 aromatic rings. The van der Waals surface area contributed by atoms with Crippen LogP contribution in [0.4, 0.5) is 5.69 Å². The van der Waals surface area contributed by atoms with Crippen molar-refractivity contribution in [2.45, 2.75) is 24.5 Å². The minimum atomic E-state index is -5.94. The number of carbonyl (C=O) groups excluding carboxylic acids is 1. The van der Waals surface area contributed by atoms with Crippen molar-refractivity contribution < 1.29 is 62.2 Å². The number of benzene rings is 1. The molecule has 0 bridgehead atoms. The molecule has 0 saturated heterocycles. The van der Waals surface area contributed by atoms with Crippen LogP contribution in [0, 0.1) is 0 Å². The fourth-order valence-electron chi connectivity index (χ4n) is 2.61. The van der Waals surface area contributed by atoms with Crippen molar-refractivity contribution in [3.05, 3.63) is 29.8 Å². The highest BCUT2D eigenvalue weighted by Crippen LogP contribution is 2.69. The van der Waals surface area contributed by atoms with Crippen LogP contribution < -0.4 is 5.32 Å². The maximum Gasteiger partial charge on any atom is 0.355 e. The average Bonchev–Trinajstić information content (AvgIpc) is 2.42. The van der Waals surface area contributed by atoms with Gasteiger partial charge in [-0.25, -0.2) is 0 Å². The van der Waals surface area contributed by atoms with Crippen LogP contribution in [0.3, 0.4) is 0 Å². The minimum Gasteiger partial charge on any atom is -0.326 e. The summed E-state index contributed by atoms with van der Waals surface area (Å²) in [6.45, 7) is -0.0883. The third kappa shape index (κ3) is 7.44. The zero-order valence-corrected chi connectivity index (χ0v) is 18.6. The monoisotopic (exact) mass is 512 g/mol. The predicted molar refractivity (Wildman–Crippen MR) is 102 cm³/mol. The van der Waals surface area contributed by atoms with Crippen molar-refractivity contribution in [2.24, 2.45) is 0 Å². The van der Waals surface area contributed by atoms with E-state index in [0.29, 0.717) is 0 Å². The smallest absolute Gasteiger partial charge is 0.326 e. The van der Waals surface area contributed by atoms with Gasteiger partial charge in [0.25, 0.3) is 0 Å². The average molecular weight is 512 g/mol. The summed E-state index contributed by atoms with van der Waals surface area (Å²) in [6, 6.07) is 5.06. The highest BCUT2D eigenvalue weighted by atomic mass is 31.2. The molecule has 0 aliphatic heterocycles. The maximum atomic E-state index is 11.8. The lowest BCUT2D eigenvalue weighted by Crippen LogP contribution is -2.42. The van der Waals surface area contributed by atoms with Gasteiger partial charge in [-0.1, -0.05) is 18.2 Å². The van der Waals surface area contributed by atoms with E-state index in [1.54, 1.807) is 0 Å². The van der Waals surface area contributed by atoms with E-state index in [2.05, 4.69) is 5.32 Å². The largest absolute Gasteiger partial charge is 0.355 e. The Labute approximate surface area is 169 Å². The Hall–Kier alpha value is -0.750. The second kappa shape index (κ2) is 9.40. The molecule has 1 aromatic carbocycles. The molecule has 0 atom stereocenters. The molecule has 15 nitrogen and oxygen atoms in total. The molecule has 0 spiro atoms. The van der Waals surface area contributed by atoms with Crippen molar-refractivity contribution >= 4 is 42.0 Å². The first-order valence-corrected chi connectivity index (χ1v) is 14.3. The van der Waals surface area contributed by atoms with Crippen LogP contribution in [0.1, 0.15) is 12.5 Å². The molecule has 19 heteroatoms. The summed E-state index contributed by atoms with van der Waals surface area (Å²) in [5.74, 6) is -0.642. The first-order valence-electron chi connectivity index (χ1n) is 7.58. The van der Waals surface area contributed by atoms with E-state index in [1.807, 2.05) is 0 Å². The number of amides is 1. The molecule has 1 rings (SSSR count). The van der Waals surface area contributed by atoms with Gasteiger partial charge in [0, 0.05) is 19.2 Å². The van der Waals surface area contributed by atoms with Crippen LogP contribution in [-0.4, -0.2) is 61.0 Å². The SMILES string of the molecule is CC(=O)Nc1ccccc1CN(C(P(=O)(O)O)P(=O)(O)O)C(P(=O)(O)O)P(=O)(O)O. The van der Waals surface area contributed by atoms with Crippen molar-refractivity contribution in [2.75, 3.05) is 5.32 Å². The van der Waals surface area contributed by atoms with Gasteiger partial charge < -0.3 is 44.5 Å². The van der Waals surface area contributed by atoms with Crippen molar-refractivity contribution in [3.8, 4) is 0 Å². The number of para-hydroxylation sites is 1. The van der Waals surface area contributed by atoms with Gasteiger partial charge in [0.15, 0.2) is 0 Å². The number of nitrogens with zero attached hydrogens (tertiary/aromatic N) is 1. The van der Waals surface area contributed by atoms with E-state index in [0.717, 1.165) is 13.0 Å². The van der Waals surface area contributed by atoms with Crippen LogP contribution in [0.2, 0.25) is 0 Å². The Kier molecular flexibility index (Phi) is 8.55. The number of rotatable bonds is 9. The number of nitrogens with one attached hydrogen (secondary N) is 1. The number of hydrogen-bond donors (Lipinski definition) is 9. The third-order valence-electron chi connectivity index (χ3n) is 3.48. The summed E-state index contributed by atoms with van der Waals surface area (Å²) in [5, 5.41) is 2.27. The number of anilines is 1. The molecule has 0 aliphatic rings. The lowest BCUT2D eigenvalue weighted by Gasteiger charge is -2.38. The quantitative estimate of drug-likeness (QED) is 0.193. The van der Waals surface area contributed by atoms with Gasteiger partial charge in [-0.15, -0.1) is 0 Å². The lowest BCUT2D eigenvalue weighted by atomic mass is 10.1. The lowest BCUT2D eigenvalue weighted by molar-refractivity contribution is -0.114. The second-order valence-electron chi connectivity index (χ2n) is 6.06. The van der Waals surface area contributed by atoms with E-state index in [1.165, 1.54) is 18.2 Å². The Morgan fingerprint density at radius 2 is 1.20 bits per heavy atom. The van der Waals surface area contributed by atoms with Gasteiger partial charge in [-0.05, 0) is 11.6 Å². The van der Waals surface area contributed by atoms with Crippen LogP contribution in [0.15, 0.2) is 24.3 Å². The molecule has 0 saturated carbocycles. The standard InChI is InChI=1S/C11H20N2O13P4/c1-7(14)12-9-5-3-2-4-8(9)6-13(10(27(15,16)17)28(18,19)20)11(29(21,22)23)30(24,25)26/h2-5,10-11H,6H2,1H3,(H,12,14)(H2,15,16,17)(H2,18,19,20)(H2,21,22,23)(H2,24,25,26). The summed E-state index contributed by atoms with van der Waals surface area (Å²) in [5.41, 5.74) is -6.91. The zero-order chi connectivity index (χ0) is 23.7. The predicted octanol–water partition coefficient (Wildman–Crippen LogP) is -0.275. The van der Waals surface area contributed by atoms with E-state index in [9.17, 15) is 62.2 Å². The summed E-state index contributed by atoms with van der Waals surface area (Å²) in [6.07, 6.45) is 0. The fourth-order valence-corrected chi connectivity index (χ4v) is 8.58. The van der Waals surface area contributed by atoms with Gasteiger partial charge in [0.1, 0.15) is 0 Å². The highest BCUT2D eigenvalue weighted by Gasteiger charge is 2.58. The van der Waals surface area contributed by atoms with E-state index in [-0.39, 0.29) is 16.2 Å². The van der Waals surface area contributed by atoms with Crippen LogP contribution in [-0.2, 0) is 29.6 Å². The zero-order valence-electron chi connectivity index (χ0n) is 15.0. The molecule has 0 heterocycles. The summed E-state index contributed by atoms with van der Waals surface area (Å²) in [4.78, 5) is 86.7. The Balaban J connectivity index is 3.82. The van der Waals surface area contributed by atoms with Crippen LogP contribution in [0.25, 0.3) is 0 Å². The van der Waals surface area contributed by atoms with Crippen LogP contribution in [0.5, 0.6) is 0 Å². The molecule has 0 unspecified atom stereocenters. The van der Waals surface area contributed by atoms with Crippen molar-refractivity contribution in [1.29, 1.82) is 0 Å². The molecular weight excluding hydrogens is 492 g/mol.